The van der Waals surface area contributed by atoms with Crippen molar-refractivity contribution in [3.05, 3.63) is 35.0 Å². The average Bonchev–Trinajstić information content (AvgIpc) is 3.00. The van der Waals surface area contributed by atoms with E-state index in [-0.39, 0.29) is 6.42 Å². The fourth-order valence-electron chi connectivity index (χ4n) is 2.32. The number of carbonyl (C=O) groups is 1. The van der Waals surface area contributed by atoms with Crippen molar-refractivity contribution in [2.24, 2.45) is 0 Å². The lowest BCUT2D eigenvalue weighted by Crippen LogP contribution is -2.06. The van der Waals surface area contributed by atoms with Gasteiger partial charge < -0.3 is 9.67 Å². The molecule has 1 saturated carbocycles. The highest BCUT2D eigenvalue weighted by molar-refractivity contribution is 6.31. The van der Waals surface area contributed by atoms with Gasteiger partial charge in [-0.25, -0.2) is 0 Å². The van der Waals surface area contributed by atoms with Crippen LogP contribution < -0.4 is 0 Å². The van der Waals surface area contributed by atoms with Crippen LogP contribution in [0.25, 0.3) is 10.9 Å². The Bertz CT molecular complexity index is 599. The Hall–Kier alpha value is -1.48. The molecule has 1 aromatic heterocycles. The van der Waals surface area contributed by atoms with E-state index in [0.29, 0.717) is 11.1 Å². The van der Waals surface area contributed by atoms with E-state index in [1.807, 2.05) is 24.3 Å². The number of carboxylic acid groups (broad SMARTS) is 1. The highest BCUT2D eigenvalue weighted by Crippen LogP contribution is 2.40. The molecule has 1 heterocycles. The van der Waals surface area contributed by atoms with Crippen LogP contribution in [0.5, 0.6) is 0 Å². The quantitative estimate of drug-likeness (QED) is 0.907. The summed E-state index contributed by atoms with van der Waals surface area (Å²) in [5.74, 6) is -0.791. The molecule has 4 heteroatoms. The molecule has 1 aromatic carbocycles. The molecule has 0 bridgehead atoms. The largest absolute Gasteiger partial charge is 0.481 e. The number of nitrogens with zero attached hydrogens (tertiary/aromatic N) is 1. The van der Waals surface area contributed by atoms with Crippen LogP contribution in [0.15, 0.2) is 24.3 Å². The lowest BCUT2D eigenvalue weighted by Gasteiger charge is -2.07. The van der Waals surface area contributed by atoms with Gasteiger partial charge in [-0.2, -0.15) is 0 Å². The molecule has 0 amide bonds. The van der Waals surface area contributed by atoms with Crippen LogP contribution >= 0.6 is 11.6 Å². The maximum atomic E-state index is 10.9. The van der Waals surface area contributed by atoms with Gasteiger partial charge in [-0.15, -0.1) is 0 Å². The molecule has 0 atom stereocenters. The Balaban J connectivity index is 2.19. The summed E-state index contributed by atoms with van der Waals surface area (Å²) in [5.41, 5.74) is 1.96. The van der Waals surface area contributed by atoms with Gasteiger partial charge in [0.2, 0.25) is 0 Å². The maximum absolute atomic E-state index is 10.9. The highest BCUT2D eigenvalue weighted by atomic mass is 35.5. The van der Waals surface area contributed by atoms with E-state index in [4.69, 9.17) is 16.7 Å². The fourth-order valence-corrected chi connectivity index (χ4v) is 2.50. The van der Waals surface area contributed by atoms with Crippen LogP contribution in [0.4, 0.5) is 0 Å². The highest BCUT2D eigenvalue weighted by Gasteiger charge is 2.27. The number of carboxylic acids is 1. The van der Waals surface area contributed by atoms with Crippen molar-refractivity contribution in [2.45, 2.75) is 25.3 Å². The Morgan fingerprint density at radius 1 is 1.41 bits per heavy atom. The van der Waals surface area contributed by atoms with Crippen molar-refractivity contribution < 1.29 is 9.90 Å². The van der Waals surface area contributed by atoms with Gasteiger partial charge in [-0.05, 0) is 37.1 Å². The van der Waals surface area contributed by atoms with Gasteiger partial charge in [0.25, 0.3) is 0 Å². The van der Waals surface area contributed by atoms with Crippen molar-refractivity contribution in [3.8, 4) is 0 Å². The first-order valence-electron chi connectivity index (χ1n) is 5.66. The third kappa shape index (κ3) is 1.91. The van der Waals surface area contributed by atoms with Gasteiger partial charge in [0.05, 0.1) is 6.42 Å². The molecule has 3 rings (SSSR count). The van der Waals surface area contributed by atoms with Crippen LogP contribution in [0.1, 0.15) is 24.6 Å². The summed E-state index contributed by atoms with van der Waals surface area (Å²) in [7, 11) is 0. The standard InChI is InChI=1S/C13H12ClNO2/c14-9-1-4-12-8(5-9)6-11(7-13(16)17)15(12)10-2-3-10/h1,4-6,10H,2-3,7H2,(H,16,17). The molecule has 3 nitrogen and oxygen atoms in total. The van der Waals surface area contributed by atoms with Crippen LogP contribution in [0.3, 0.4) is 0 Å². The second-order valence-electron chi connectivity index (χ2n) is 4.51. The lowest BCUT2D eigenvalue weighted by atomic mass is 10.2. The van der Waals surface area contributed by atoms with Crippen molar-refractivity contribution in [2.75, 3.05) is 0 Å². The van der Waals surface area contributed by atoms with Gasteiger partial charge >= 0.3 is 5.97 Å². The molecule has 1 aliphatic carbocycles. The number of hydrogen-bond acceptors (Lipinski definition) is 1. The molecule has 88 valence electrons. The molecule has 2 aromatic rings. The minimum atomic E-state index is -0.791. The predicted octanol–water partition coefficient (Wildman–Crippen LogP) is 3.26. The molecule has 0 saturated heterocycles. The number of aromatic nitrogens is 1. The predicted molar refractivity (Wildman–Crippen MR) is 66.6 cm³/mol. The zero-order valence-corrected chi connectivity index (χ0v) is 9.94. The summed E-state index contributed by atoms with van der Waals surface area (Å²) in [6.07, 6.45) is 2.35. The Morgan fingerprint density at radius 3 is 2.82 bits per heavy atom. The van der Waals surface area contributed by atoms with Gasteiger partial charge in [-0.1, -0.05) is 11.6 Å². The van der Waals surface area contributed by atoms with Gasteiger partial charge in [0.15, 0.2) is 0 Å². The van der Waals surface area contributed by atoms with E-state index < -0.39 is 5.97 Å². The van der Waals surface area contributed by atoms with E-state index in [1.54, 1.807) is 0 Å². The molecule has 0 aliphatic heterocycles. The first kappa shape index (κ1) is 10.7. The van der Waals surface area contributed by atoms with E-state index in [2.05, 4.69) is 4.57 Å². The van der Waals surface area contributed by atoms with Crippen molar-refractivity contribution in [3.63, 3.8) is 0 Å². The maximum Gasteiger partial charge on any atom is 0.309 e. The van der Waals surface area contributed by atoms with Crippen molar-refractivity contribution >= 4 is 28.5 Å². The summed E-state index contributed by atoms with van der Waals surface area (Å²) in [6, 6.07) is 8.13. The monoisotopic (exact) mass is 249 g/mol. The number of rotatable bonds is 3. The molecular formula is C13H12ClNO2. The van der Waals surface area contributed by atoms with Gasteiger partial charge in [0.1, 0.15) is 0 Å². The molecule has 1 aliphatic rings. The minimum Gasteiger partial charge on any atom is -0.481 e. The van der Waals surface area contributed by atoms with Gasteiger partial charge in [-0.3, -0.25) is 4.79 Å². The van der Waals surface area contributed by atoms with E-state index in [0.717, 1.165) is 29.4 Å². The third-order valence-electron chi connectivity index (χ3n) is 3.13. The Morgan fingerprint density at radius 2 is 2.18 bits per heavy atom. The molecule has 1 N–H and O–H groups in total. The van der Waals surface area contributed by atoms with E-state index in [1.165, 1.54) is 0 Å². The second kappa shape index (κ2) is 3.77. The average molecular weight is 250 g/mol. The molecule has 0 spiro atoms. The summed E-state index contributed by atoms with van der Waals surface area (Å²) in [5, 5.41) is 10.6. The summed E-state index contributed by atoms with van der Waals surface area (Å²) in [4.78, 5) is 10.9. The number of fused-ring (bicyclic) bond motifs is 1. The summed E-state index contributed by atoms with van der Waals surface area (Å²) < 4.78 is 2.15. The van der Waals surface area contributed by atoms with E-state index >= 15 is 0 Å². The molecular weight excluding hydrogens is 238 g/mol. The first-order valence-corrected chi connectivity index (χ1v) is 6.04. The number of hydrogen-bond donors (Lipinski definition) is 1. The van der Waals surface area contributed by atoms with E-state index in [9.17, 15) is 4.79 Å². The second-order valence-corrected chi connectivity index (χ2v) is 4.95. The van der Waals surface area contributed by atoms with Crippen LogP contribution in [0, 0.1) is 0 Å². The zero-order chi connectivity index (χ0) is 12.0. The van der Waals surface area contributed by atoms with Crippen LogP contribution in [0.2, 0.25) is 5.02 Å². The molecule has 1 fully saturated rings. The molecule has 0 unspecified atom stereocenters. The zero-order valence-electron chi connectivity index (χ0n) is 9.19. The number of aliphatic carboxylic acids is 1. The SMILES string of the molecule is O=C(O)Cc1cc2cc(Cl)ccc2n1C1CC1. The smallest absolute Gasteiger partial charge is 0.309 e. The lowest BCUT2D eigenvalue weighted by molar-refractivity contribution is -0.136. The number of halogens is 1. The minimum absolute atomic E-state index is 0.0722. The third-order valence-corrected chi connectivity index (χ3v) is 3.36. The summed E-state index contributed by atoms with van der Waals surface area (Å²) >= 11 is 5.96. The Kier molecular flexibility index (Phi) is 2.37. The van der Waals surface area contributed by atoms with Gasteiger partial charge in [0, 0.05) is 27.7 Å². The Labute approximate surface area is 104 Å². The normalized spacial score (nSPS) is 15.4. The molecule has 0 radical (unpaired) electrons. The van der Waals surface area contributed by atoms with Crippen molar-refractivity contribution in [1.29, 1.82) is 0 Å². The topological polar surface area (TPSA) is 42.2 Å². The first-order chi connectivity index (χ1) is 8.15. The van der Waals surface area contributed by atoms with Crippen LogP contribution in [-0.2, 0) is 11.2 Å². The summed E-state index contributed by atoms with van der Waals surface area (Å²) in [6.45, 7) is 0. The van der Waals surface area contributed by atoms with Crippen LogP contribution in [-0.4, -0.2) is 15.6 Å². The molecule has 17 heavy (non-hydrogen) atoms. The van der Waals surface area contributed by atoms with Crippen molar-refractivity contribution in [1.82, 2.24) is 4.57 Å². The number of benzene rings is 1. The fraction of sp³-hybridized carbons (Fsp3) is 0.308.